The summed E-state index contributed by atoms with van der Waals surface area (Å²) in [5.74, 6) is 0.421. The lowest BCUT2D eigenvalue weighted by atomic mass is 10.1. The second-order valence-electron chi connectivity index (χ2n) is 7.30. The molecule has 1 atom stereocenters. The Kier molecular flexibility index (Phi) is 5.53. The van der Waals surface area contributed by atoms with E-state index in [4.69, 9.17) is 4.74 Å². The van der Waals surface area contributed by atoms with Crippen molar-refractivity contribution < 1.29 is 13.2 Å². The molecule has 1 aliphatic rings. The van der Waals surface area contributed by atoms with Crippen molar-refractivity contribution in [1.29, 1.82) is 0 Å². The van der Waals surface area contributed by atoms with Gasteiger partial charge in [0.1, 0.15) is 11.0 Å². The van der Waals surface area contributed by atoms with Gasteiger partial charge in [-0.2, -0.15) is 14.5 Å². The third-order valence-electron chi connectivity index (χ3n) is 4.75. The molecule has 0 aliphatic carbocycles. The molecule has 0 aromatic carbocycles. The number of nitrogens with zero attached hydrogens (tertiary/aromatic N) is 5. The van der Waals surface area contributed by atoms with Crippen molar-refractivity contribution >= 4 is 10.0 Å². The summed E-state index contributed by atoms with van der Waals surface area (Å²) in [6.07, 6.45) is 1.27. The van der Waals surface area contributed by atoms with Crippen molar-refractivity contribution in [3.8, 4) is 5.88 Å². The van der Waals surface area contributed by atoms with Gasteiger partial charge in [-0.3, -0.25) is 4.68 Å². The summed E-state index contributed by atoms with van der Waals surface area (Å²) in [6, 6.07) is 3.69. The van der Waals surface area contributed by atoms with Crippen LogP contribution in [0.2, 0.25) is 0 Å². The highest BCUT2D eigenvalue weighted by Crippen LogP contribution is 2.28. The molecule has 1 aliphatic heterocycles. The first-order valence-electron chi connectivity index (χ1n) is 9.23. The molecule has 1 fully saturated rings. The van der Waals surface area contributed by atoms with Gasteiger partial charge in [-0.1, -0.05) is 0 Å². The van der Waals surface area contributed by atoms with Crippen LogP contribution >= 0.6 is 0 Å². The number of aryl methyl sites for hydroxylation is 2. The lowest BCUT2D eigenvalue weighted by Crippen LogP contribution is -2.44. The highest BCUT2D eigenvalue weighted by Gasteiger charge is 2.35. The van der Waals surface area contributed by atoms with Crippen LogP contribution in [0.25, 0.3) is 0 Å². The Morgan fingerprint density at radius 1 is 1.19 bits per heavy atom. The second-order valence-corrected chi connectivity index (χ2v) is 9.17. The summed E-state index contributed by atoms with van der Waals surface area (Å²) >= 11 is 0. The molecule has 1 saturated heterocycles. The summed E-state index contributed by atoms with van der Waals surface area (Å²) < 4.78 is 35.7. The molecule has 148 valence electrons. The molecule has 2 aromatic rings. The molecule has 0 saturated carbocycles. The Morgan fingerprint density at radius 3 is 2.52 bits per heavy atom. The molecule has 3 heterocycles. The zero-order valence-electron chi connectivity index (χ0n) is 16.5. The second kappa shape index (κ2) is 7.55. The monoisotopic (exact) mass is 393 g/mol. The van der Waals surface area contributed by atoms with E-state index in [1.807, 2.05) is 33.8 Å². The van der Waals surface area contributed by atoms with Gasteiger partial charge in [0.2, 0.25) is 15.9 Å². The normalized spacial score (nSPS) is 18.8. The van der Waals surface area contributed by atoms with Crippen molar-refractivity contribution in [1.82, 2.24) is 24.3 Å². The van der Waals surface area contributed by atoms with Gasteiger partial charge < -0.3 is 4.74 Å². The van der Waals surface area contributed by atoms with E-state index in [-0.39, 0.29) is 12.1 Å². The van der Waals surface area contributed by atoms with Crippen LogP contribution in [0.5, 0.6) is 5.88 Å². The van der Waals surface area contributed by atoms with Crippen LogP contribution in [0.1, 0.15) is 49.8 Å². The third-order valence-corrected chi connectivity index (χ3v) is 6.87. The first kappa shape index (κ1) is 19.8. The van der Waals surface area contributed by atoms with E-state index in [1.165, 1.54) is 4.31 Å². The number of piperidine rings is 1. The highest BCUT2D eigenvalue weighted by molar-refractivity contribution is 7.89. The standard InChI is InChI=1S/C18H27N5O3S/c1-12(2)23-15(5)18(14(4)21-23)27(24,25)22-10-6-7-16(11-22)26-17-9-8-13(3)19-20-17/h8-9,12,16H,6-7,10-11H2,1-5H3. The van der Waals surface area contributed by atoms with E-state index < -0.39 is 10.0 Å². The van der Waals surface area contributed by atoms with Gasteiger partial charge in [-0.15, -0.1) is 5.10 Å². The van der Waals surface area contributed by atoms with Gasteiger partial charge in [0.05, 0.1) is 23.6 Å². The van der Waals surface area contributed by atoms with Gasteiger partial charge in [0.15, 0.2) is 0 Å². The molecule has 0 bridgehead atoms. The van der Waals surface area contributed by atoms with E-state index in [2.05, 4.69) is 15.3 Å². The minimum absolute atomic E-state index is 0.102. The summed E-state index contributed by atoms with van der Waals surface area (Å²) in [7, 11) is -3.63. The minimum Gasteiger partial charge on any atom is -0.472 e. The summed E-state index contributed by atoms with van der Waals surface area (Å²) in [6.45, 7) is 10.2. The maximum absolute atomic E-state index is 13.3. The van der Waals surface area contributed by atoms with Gasteiger partial charge in [0, 0.05) is 18.7 Å². The van der Waals surface area contributed by atoms with Gasteiger partial charge >= 0.3 is 0 Å². The average molecular weight is 394 g/mol. The number of hydrogen-bond acceptors (Lipinski definition) is 6. The fourth-order valence-electron chi connectivity index (χ4n) is 3.49. The van der Waals surface area contributed by atoms with E-state index in [9.17, 15) is 8.42 Å². The molecule has 0 amide bonds. The molecule has 0 radical (unpaired) electrons. The minimum atomic E-state index is -3.63. The SMILES string of the molecule is Cc1ccc(OC2CCCN(S(=O)(=O)c3c(C)nn(C(C)C)c3C)C2)nn1. The Morgan fingerprint density at radius 2 is 1.93 bits per heavy atom. The van der Waals surface area contributed by atoms with E-state index in [1.54, 1.807) is 17.7 Å². The van der Waals surface area contributed by atoms with Crippen LogP contribution in [-0.2, 0) is 10.0 Å². The largest absolute Gasteiger partial charge is 0.472 e. The molecular formula is C18H27N5O3S. The lowest BCUT2D eigenvalue weighted by Gasteiger charge is -2.31. The zero-order chi connectivity index (χ0) is 19.8. The van der Waals surface area contributed by atoms with Crippen LogP contribution in [0, 0.1) is 20.8 Å². The highest BCUT2D eigenvalue weighted by atomic mass is 32.2. The van der Waals surface area contributed by atoms with E-state index in [0.29, 0.717) is 35.3 Å². The first-order chi connectivity index (χ1) is 12.7. The Bertz CT molecular complexity index is 906. The van der Waals surface area contributed by atoms with Crippen molar-refractivity contribution in [3.05, 3.63) is 29.2 Å². The van der Waals surface area contributed by atoms with Crippen molar-refractivity contribution in [2.75, 3.05) is 13.1 Å². The summed E-state index contributed by atoms with van der Waals surface area (Å²) in [5.41, 5.74) is 2.02. The van der Waals surface area contributed by atoms with Gasteiger partial charge in [-0.25, -0.2) is 8.42 Å². The molecule has 27 heavy (non-hydrogen) atoms. The maximum atomic E-state index is 13.3. The summed E-state index contributed by atoms with van der Waals surface area (Å²) in [4.78, 5) is 0.312. The van der Waals surface area contributed by atoms with Crippen molar-refractivity contribution in [2.24, 2.45) is 0 Å². The number of aromatic nitrogens is 4. The number of rotatable bonds is 5. The van der Waals surface area contributed by atoms with E-state index in [0.717, 1.165) is 18.5 Å². The van der Waals surface area contributed by atoms with Crippen LogP contribution in [0.4, 0.5) is 0 Å². The maximum Gasteiger partial charge on any atom is 0.246 e. The van der Waals surface area contributed by atoms with Crippen molar-refractivity contribution in [2.45, 2.75) is 64.5 Å². The van der Waals surface area contributed by atoms with Crippen LogP contribution < -0.4 is 4.74 Å². The molecule has 0 N–H and O–H groups in total. The number of hydrogen-bond donors (Lipinski definition) is 0. The van der Waals surface area contributed by atoms with Crippen LogP contribution in [-0.4, -0.2) is 51.9 Å². The van der Waals surface area contributed by atoms with Crippen LogP contribution in [0.3, 0.4) is 0 Å². The van der Waals surface area contributed by atoms with E-state index >= 15 is 0 Å². The molecule has 1 unspecified atom stereocenters. The molecule has 8 nitrogen and oxygen atoms in total. The molecule has 0 spiro atoms. The average Bonchev–Trinajstić information content (AvgIpc) is 2.92. The molecule has 3 rings (SSSR count). The predicted octanol–water partition coefficient (Wildman–Crippen LogP) is 2.41. The Labute approximate surface area is 160 Å². The third kappa shape index (κ3) is 3.98. The van der Waals surface area contributed by atoms with Gasteiger partial charge in [-0.05, 0) is 53.5 Å². The molecule has 2 aromatic heterocycles. The zero-order valence-corrected chi connectivity index (χ0v) is 17.3. The molecule has 9 heteroatoms. The fraction of sp³-hybridized carbons (Fsp3) is 0.611. The van der Waals surface area contributed by atoms with Gasteiger partial charge in [0.25, 0.3) is 0 Å². The van der Waals surface area contributed by atoms with Crippen LogP contribution in [0.15, 0.2) is 17.0 Å². The lowest BCUT2D eigenvalue weighted by molar-refractivity contribution is 0.123. The smallest absolute Gasteiger partial charge is 0.246 e. The number of sulfonamides is 1. The molecular weight excluding hydrogens is 366 g/mol. The first-order valence-corrected chi connectivity index (χ1v) is 10.7. The number of ether oxygens (including phenoxy) is 1. The summed E-state index contributed by atoms with van der Waals surface area (Å²) in [5, 5.41) is 12.4. The quantitative estimate of drug-likeness (QED) is 0.775. The van der Waals surface area contributed by atoms with Crippen molar-refractivity contribution in [3.63, 3.8) is 0 Å². The fourth-order valence-corrected chi connectivity index (χ4v) is 5.36. The Hall–Kier alpha value is -2.00. The predicted molar refractivity (Wildman–Crippen MR) is 101 cm³/mol. The topological polar surface area (TPSA) is 90.2 Å². The Balaban J connectivity index is 1.82.